The molecule has 1 aliphatic heterocycles. The van der Waals surface area contributed by atoms with Crippen LogP contribution in [0.5, 0.6) is 0 Å². The molecule has 3 aromatic rings. The van der Waals surface area contributed by atoms with Crippen LogP contribution in [0.25, 0.3) is 0 Å². The van der Waals surface area contributed by atoms with E-state index in [9.17, 15) is 18.8 Å². The molecule has 4 rings (SSSR count). The molecule has 1 saturated heterocycles. The van der Waals surface area contributed by atoms with Crippen LogP contribution < -0.4 is 5.32 Å². The van der Waals surface area contributed by atoms with Gasteiger partial charge in [0.15, 0.2) is 5.13 Å². The van der Waals surface area contributed by atoms with Crippen molar-refractivity contribution < 1.29 is 18.8 Å². The Labute approximate surface area is 198 Å². The summed E-state index contributed by atoms with van der Waals surface area (Å²) in [5.74, 6) is -1.15. The van der Waals surface area contributed by atoms with Gasteiger partial charge in [0.2, 0.25) is 5.91 Å². The van der Waals surface area contributed by atoms with E-state index in [4.69, 9.17) is 11.6 Å². The van der Waals surface area contributed by atoms with Crippen molar-refractivity contribution >= 4 is 45.8 Å². The highest BCUT2D eigenvalue weighted by atomic mass is 35.5. The largest absolute Gasteiger partial charge is 0.339 e. The van der Waals surface area contributed by atoms with Crippen molar-refractivity contribution in [2.45, 2.75) is 6.42 Å². The lowest BCUT2D eigenvalue weighted by Gasteiger charge is -2.35. The normalized spacial score (nSPS) is 13.6. The monoisotopic (exact) mass is 486 g/mol. The van der Waals surface area contributed by atoms with E-state index in [0.29, 0.717) is 42.6 Å². The molecule has 1 aromatic heterocycles. The second kappa shape index (κ2) is 10.1. The number of piperazine rings is 1. The molecule has 7 nitrogen and oxygen atoms in total. The number of rotatable bonds is 5. The summed E-state index contributed by atoms with van der Waals surface area (Å²) in [5, 5.41) is 4.98. The summed E-state index contributed by atoms with van der Waals surface area (Å²) < 4.78 is 13.2. The standard InChI is InChI=1S/C23H20ClFN4O3S/c24-19-12-16(25)6-7-18(19)22(32)29-10-8-28(9-11-29)20(30)13-17-14-33-23(26-17)27-21(31)15-4-2-1-3-5-15/h1-7,12,14H,8-11,13H2,(H,26,27,31). The third kappa shape index (κ3) is 5.55. The molecular formula is C23H20ClFN4O3S. The van der Waals surface area contributed by atoms with Gasteiger partial charge in [-0.05, 0) is 30.3 Å². The minimum atomic E-state index is -0.503. The smallest absolute Gasteiger partial charge is 0.257 e. The van der Waals surface area contributed by atoms with Crippen LogP contribution in [-0.2, 0) is 11.2 Å². The number of anilines is 1. The molecule has 0 unspecified atom stereocenters. The lowest BCUT2D eigenvalue weighted by molar-refractivity contribution is -0.132. The maximum absolute atomic E-state index is 13.2. The lowest BCUT2D eigenvalue weighted by atomic mass is 10.1. The van der Waals surface area contributed by atoms with Crippen LogP contribution in [0, 0.1) is 5.82 Å². The van der Waals surface area contributed by atoms with Crippen LogP contribution >= 0.6 is 22.9 Å². The van der Waals surface area contributed by atoms with Gasteiger partial charge in [-0.1, -0.05) is 29.8 Å². The van der Waals surface area contributed by atoms with Crippen molar-refractivity contribution in [3.63, 3.8) is 0 Å². The number of carbonyl (C=O) groups excluding carboxylic acids is 3. The van der Waals surface area contributed by atoms with E-state index < -0.39 is 5.82 Å². The van der Waals surface area contributed by atoms with Gasteiger partial charge < -0.3 is 9.80 Å². The highest BCUT2D eigenvalue weighted by Gasteiger charge is 2.26. The first-order valence-corrected chi connectivity index (χ1v) is 11.5. The average Bonchev–Trinajstić information content (AvgIpc) is 3.26. The number of benzene rings is 2. The van der Waals surface area contributed by atoms with Gasteiger partial charge in [-0.15, -0.1) is 11.3 Å². The summed E-state index contributed by atoms with van der Waals surface area (Å²) in [6.07, 6.45) is 0.107. The summed E-state index contributed by atoms with van der Waals surface area (Å²) in [6, 6.07) is 12.5. The minimum absolute atomic E-state index is 0.0668. The molecule has 0 aliphatic carbocycles. The van der Waals surface area contributed by atoms with Crippen molar-refractivity contribution in [1.82, 2.24) is 14.8 Å². The van der Waals surface area contributed by atoms with E-state index in [1.165, 1.54) is 23.5 Å². The number of carbonyl (C=O) groups is 3. The van der Waals surface area contributed by atoms with Crippen molar-refractivity contribution in [1.29, 1.82) is 0 Å². The number of halogens is 2. The predicted molar refractivity (Wildman–Crippen MR) is 124 cm³/mol. The first-order valence-electron chi connectivity index (χ1n) is 10.2. The maximum Gasteiger partial charge on any atom is 0.257 e. The third-order valence-electron chi connectivity index (χ3n) is 5.22. The molecule has 0 saturated carbocycles. The van der Waals surface area contributed by atoms with Crippen molar-refractivity contribution in [3.8, 4) is 0 Å². The summed E-state index contributed by atoms with van der Waals surface area (Å²) in [5.41, 5.74) is 1.34. The fourth-order valence-corrected chi connectivity index (χ4v) is 4.42. The molecule has 10 heteroatoms. The zero-order valence-electron chi connectivity index (χ0n) is 17.5. The number of aromatic nitrogens is 1. The Balaban J connectivity index is 1.29. The fourth-order valence-electron chi connectivity index (χ4n) is 3.46. The Hall–Kier alpha value is -3.30. The molecule has 2 heterocycles. The maximum atomic E-state index is 13.2. The molecule has 0 atom stereocenters. The Morgan fingerprint density at radius 3 is 2.42 bits per heavy atom. The number of hydrogen-bond acceptors (Lipinski definition) is 5. The molecule has 0 bridgehead atoms. The fraction of sp³-hybridized carbons (Fsp3) is 0.217. The summed E-state index contributed by atoms with van der Waals surface area (Å²) >= 11 is 7.26. The van der Waals surface area contributed by atoms with E-state index in [-0.39, 0.29) is 34.7 Å². The zero-order chi connectivity index (χ0) is 23.4. The van der Waals surface area contributed by atoms with E-state index in [2.05, 4.69) is 10.3 Å². The average molecular weight is 487 g/mol. The molecule has 1 fully saturated rings. The van der Waals surface area contributed by atoms with E-state index in [0.717, 1.165) is 6.07 Å². The van der Waals surface area contributed by atoms with E-state index >= 15 is 0 Å². The third-order valence-corrected chi connectivity index (χ3v) is 6.34. The van der Waals surface area contributed by atoms with Crippen molar-refractivity contribution in [3.05, 3.63) is 81.6 Å². The Kier molecular flexibility index (Phi) is 7.00. The zero-order valence-corrected chi connectivity index (χ0v) is 19.0. The number of amides is 3. The molecule has 1 aliphatic rings. The van der Waals surface area contributed by atoms with Crippen LogP contribution in [-0.4, -0.2) is 58.7 Å². The van der Waals surface area contributed by atoms with Gasteiger partial charge in [0, 0.05) is 37.1 Å². The molecule has 33 heavy (non-hydrogen) atoms. The molecule has 170 valence electrons. The lowest BCUT2D eigenvalue weighted by Crippen LogP contribution is -2.51. The topological polar surface area (TPSA) is 82.6 Å². The van der Waals surface area contributed by atoms with Gasteiger partial charge in [-0.3, -0.25) is 19.7 Å². The number of nitrogens with one attached hydrogen (secondary N) is 1. The van der Waals surface area contributed by atoms with Crippen LogP contribution in [0.4, 0.5) is 9.52 Å². The highest BCUT2D eigenvalue weighted by molar-refractivity contribution is 7.14. The molecule has 2 aromatic carbocycles. The van der Waals surface area contributed by atoms with E-state index in [1.807, 2.05) is 6.07 Å². The Bertz CT molecular complexity index is 1180. The first kappa shape index (κ1) is 22.9. The van der Waals surface area contributed by atoms with Gasteiger partial charge in [0.05, 0.1) is 22.7 Å². The second-order valence-electron chi connectivity index (χ2n) is 7.44. The van der Waals surface area contributed by atoms with Crippen LogP contribution in [0.2, 0.25) is 5.02 Å². The van der Waals surface area contributed by atoms with Crippen LogP contribution in [0.1, 0.15) is 26.4 Å². The second-order valence-corrected chi connectivity index (χ2v) is 8.70. The van der Waals surface area contributed by atoms with Gasteiger partial charge in [0.1, 0.15) is 5.82 Å². The first-order chi connectivity index (χ1) is 15.9. The van der Waals surface area contributed by atoms with Gasteiger partial charge in [-0.25, -0.2) is 9.37 Å². The number of thiazole rings is 1. The van der Waals surface area contributed by atoms with Gasteiger partial charge >= 0.3 is 0 Å². The molecule has 3 amide bonds. The molecule has 1 N–H and O–H groups in total. The Morgan fingerprint density at radius 2 is 1.73 bits per heavy atom. The van der Waals surface area contributed by atoms with Gasteiger partial charge in [-0.2, -0.15) is 0 Å². The number of hydrogen-bond donors (Lipinski definition) is 1. The van der Waals surface area contributed by atoms with Crippen LogP contribution in [0.15, 0.2) is 53.9 Å². The molecule has 0 spiro atoms. The van der Waals surface area contributed by atoms with Crippen molar-refractivity contribution in [2.75, 3.05) is 31.5 Å². The molecular weight excluding hydrogens is 467 g/mol. The summed E-state index contributed by atoms with van der Waals surface area (Å²) in [4.78, 5) is 45.2. The van der Waals surface area contributed by atoms with Crippen LogP contribution in [0.3, 0.4) is 0 Å². The van der Waals surface area contributed by atoms with Gasteiger partial charge in [0.25, 0.3) is 11.8 Å². The number of nitrogens with zero attached hydrogens (tertiary/aromatic N) is 3. The van der Waals surface area contributed by atoms with E-state index in [1.54, 1.807) is 39.4 Å². The Morgan fingerprint density at radius 1 is 1.03 bits per heavy atom. The minimum Gasteiger partial charge on any atom is -0.339 e. The summed E-state index contributed by atoms with van der Waals surface area (Å²) in [7, 11) is 0. The molecule has 0 radical (unpaired) electrons. The predicted octanol–water partition coefficient (Wildman–Crippen LogP) is 3.72. The highest BCUT2D eigenvalue weighted by Crippen LogP contribution is 2.21. The quantitative estimate of drug-likeness (QED) is 0.596. The summed E-state index contributed by atoms with van der Waals surface area (Å²) in [6.45, 7) is 1.47. The SMILES string of the molecule is O=C(Nc1nc(CC(=O)N2CCN(C(=O)c3ccc(F)cc3Cl)CC2)cs1)c1ccccc1. The van der Waals surface area contributed by atoms with Crippen molar-refractivity contribution in [2.24, 2.45) is 0 Å².